The zero-order valence-corrected chi connectivity index (χ0v) is 11.7. The Morgan fingerprint density at radius 2 is 1.86 bits per heavy atom. The first-order chi connectivity index (χ1) is 10.4. The normalized spacial score (nSPS) is 16.9. The van der Waals surface area contributed by atoms with Crippen LogP contribution >= 0.6 is 0 Å². The van der Waals surface area contributed by atoms with Crippen LogP contribution in [0.2, 0.25) is 0 Å². The van der Waals surface area contributed by atoms with Crippen LogP contribution in [0.1, 0.15) is 12.8 Å². The Morgan fingerprint density at radius 3 is 2.50 bits per heavy atom. The molecule has 22 heavy (non-hydrogen) atoms. The van der Waals surface area contributed by atoms with E-state index < -0.39 is 29.0 Å². The van der Waals surface area contributed by atoms with Crippen molar-refractivity contribution in [2.45, 2.75) is 18.4 Å². The van der Waals surface area contributed by atoms with E-state index in [0.717, 1.165) is 18.2 Å². The molecule has 0 spiro atoms. The van der Waals surface area contributed by atoms with E-state index in [9.17, 15) is 23.5 Å². The van der Waals surface area contributed by atoms with Gasteiger partial charge in [-0.1, -0.05) is 0 Å². The SMILES string of the molecule is O=C(NCC1(O)CCOCC1)C(=O)Nc1ccc(F)c(F)c1. The van der Waals surface area contributed by atoms with E-state index >= 15 is 0 Å². The van der Waals surface area contributed by atoms with Gasteiger partial charge in [0.15, 0.2) is 11.6 Å². The summed E-state index contributed by atoms with van der Waals surface area (Å²) in [7, 11) is 0. The van der Waals surface area contributed by atoms with Crippen molar-refractivity contribution in [3.8, 4) is 0 Å². The van der Waals surface area contributed by atoms with Crippen LogP contribution in [0, 0.1) is 11.6 Å². The highest BCUT2D eigenvalue weighted by Crippen LogP contribution is 2.19. The van der Waals surface area contributed by atoms with Crippen LogP contribution < -0.4 is 10.6 Å². The van der Waals surface area contributed by atoms with Crippen LogP contribution in [0.4, 0.5) is 14.5 Å². The average Bonchev–Trinajstić information content (AvgIpc) is 2.49. The molecule has 0 aromatic heterocycles. The topological polar surface area (TPSA) is 87.7 Å². The molecule has 1 aromatic carbocycles. The Labute approximate surface area is 125 Å². The van der Waals surface area contributed by atoms with Crippen molar-refractivity contribution < 1.29 is 28.2 Å². The molecule has 1 aliphatic rings. The molecule has 1 saturated heterocycles. The van der Waals surface area contributed by atoms with E-state index in [1.165, 1.54) is 0 Å². The van der Waals surface area contributed by atoms with Gasteiger partial charge in [0.1, 0.15) is 0 Å². The fraction of sp³-hybridized carbons (Fsp3) is 0.429. The predicted molar refractivity (Wildman–Crippen MR) is 73.0 cm³/mol. The third-order valence-corrected chi connectivity index (χ3v) is 3.39. The Kier molecular flexibility index (Phi) is 5.04. The first-order valence-corrected chi connectivity index (χ1v) is 6.74. The number of carbonyl (C=O) groups is 2. The molecule has 2 amide bonds. The second kappa shape index (κ2) is 6.80. The van der Waals surface area contributed by atoms with Crippen molar-refractivity contribution in [3.05, 3.63) is 29.8 Å². The third-order valence-electron chi connectivity index (χ3n) is 3.39. The van der Waals surface area contributed by atoms with Crippen molar-refractivity contribution in [1.29, 1.82) is 0 Å². The first kappa shape index (κ1) is 16.3. The summed E-state index contributed by atoms with van der Waals surface area (Å²) in [4.78, 5) is 23.3. The minimum atomic E-state index is -1.13. The number of benzene rings is 1. The second-order valence-electron chi connectivity index (χ2n) is 5.10. The highest BCUT2D eigenvalue weighted by atomic mass is 19.2. The van der Waals surface area contributed by atoms with Gasteiger partial charge in [-0.2, -0.15) is 0 Å². The minimum absolute atomic E-state index is 0.0381. The fourth-order valence-electron chi connectivity index (χ4n) is 2.01. The Morgan fingerprint density at radius 1 is 1.18 bits per heavy atom. The highest BCUT2D eigenvalue weighted by molar-refractivity contribution is 6.39. The van der Waals surface area contributed by atoms with Crippen LogP contribution in [-0.2, 0) is 14.3 Å². The van der Waals surface area contributed by atoms with Crippen LogP contribution in [0.3, 0.4) is 0 Å². The molecule has 0 unspecified atom stereocenters. The number of hydrogen-bond donors (Lipinski definition) is 3. The summed E-state index contributed by atoms with van der Waals surface area (Å²) in [6, 6.07) is 2.75. The van der Waals surface area contributed by atoms with Crippen molar-refractivity contribution in [2.75, 3.05) is 25.1 Å². The van der Waals surface area contributed by atoms with Gasteiger partial charge in [-0.15, -0.1) is 0 Å². The Bertz CT molecular complexity index is 574. The summed E-state index contributed by atoms with van der Waals surface area (Å²) in [6.45, 7) is 0.682. The summed E-state index contributed by atoms with van der Waals surface area (Å²) in [5.74, 6) is -4.18. The number of nitrogens with one attached hydrogen (secondary N) is 2. The van der Waals surface area contributed by atoms with Crippen molar-refractivity contribution in [2.24, 2.45) is 0 Å². The molecule has 0 atom stereocenters. The van der Waals surface area contributed by atoms with Crippen LogP contribution in [0.15, 0.2) is 18.2 Å². The van der Waals surface area contributed by atoms with Gasteiger partial charge in [0.2, 0.25) is 0 Å². The molecule has 1 fully saturated rings. The van der Waals surface area contributed by atoms with Gasteiger partial charge >= 0.3 is 11.8 Å². The highest BCUT2D eigenvalue weighted by Gasteiger charge is 2.30. The maximum absolute atomic E-state index is 13.0. The molecular weight excluding hydrogens is 298 g/mol. The minimum Gasteiger partial charge on any atom is -0.388 e. The van der Waals surface area contributed by atoms with Crippen LogP contribution in [0.5, 0.6) is 0 Å². The molecule has 0 aliphatic carbocycles. The molecule has 1 aromatic rings. The third kappa shape index (κ3) is 4.22. The summed E-state index contributed by atoms with van der Waals surface area (Å²) in [5, 5.41) is 14.6. The van der Waals surface area contributed by atoms with E-state index in [0.29, 0.717) is 26.1 Å². The summed E-state index contributed by atoms with van der Waals surface area (Å²) in [5.41, 5.74) is -1.14. The number of hydrogen-bond acceptors (Lipinski definition) is 4. The van der Waals surface area contributed by atoms with Crippen molar-refractivity contribution in [1.82, 2.24) is 5.32 Å². The van der Waals surface area contributed by atoms with E-state index in [2.05, 4.69) is 10.6 Å². The molecule has 0 bridgehead atoms. The molecule has 6 nitrogen and oxygen atoms in total. The monoisotopic (exact) mass is 314 g/mol. The predicted octanol–water partition coefficient (Wildman–Crippen LogP) is 0.561. The lowest BCUT2D eigenvalue weighted by atomic mass is 9.94. The molecule has 8 heteroatoms. The van der Waals surface area contributed by atoms with E-state index in [1.54, 1.807) is 0 Å². The summed E-state index contributed by atoms with van der Waals surface area (Å²) >= 11 is 0. The quantitative estimate of drug-likeness (QED) is 0.712. The number of halogens is 2. The number of rotatable bonds is 3. The van der Waals surface area contributed by atoms with Crippen LogP contribution in [0.25, 0.3) is 0 Å². The largest absolute Gasteiger partial charge is 0.388 e. The molecule has 1 aliphatic heterocycles. The lowest BCUT2D eigenvalue weighted by Crippen LogP contribution is -2.48. The number of ether oxygens (including phenoxy) is 1. The smallest absolute Gasteiger partial charge is 0.313 e. The lowest BCUT2D eigenvalue weighted by molar-refractivity contribution is -0.137. The molecule has 120 valence electrons. The number of carbonyl (C=O) groups excluding carboxylic acids is 2. The standard InChI is InChI=1S/C14H16F2N2O4/c15-10-2-1-9(7-11(10)16)18-13(20)12(19)17-8-14(21)3-5-22-6-4-14/h1-2,7,21H,3-6,8H2,(H,17,19)(H,18,20). The van der Waals surface area contributed by atoms with Gasteiger partial charge in [-0.25, -0.2) is 8.78 Å². The number of aliphatic hydroxyl groups is 1. The number of amides is 2. The molecule has 2 rings (SSSR count). The molecular formula is C14H16F2N2O4. The average molecular weight is 314 g/mol. The Hall–Kier alpha value is -2.06. The fourth-order valence-corrected chi connectivity index (χ4v) is 2.01. The summed E-state index contributed by atoms with van der Waals surface area (Å²) in [6.07, 6.45) is 0.718. The van der Waals surface area contributed by atoms with Crippen molar-refractivity contribution in [3.63, 3.8) is 0 Å². The first-order valence-electron chi connectivity index (χ1n) is 6.74. The van der Waals surface area contributed by atoms with Crippen LogP contribution in [-0.4, -0.2) is 42.3 Å². The van der Waals surface area contributed by atoms with Crippen molar-refractivity contribution >= 4 is 17.5 Å². The van der Waals surface area contributed by atoms with Gasteiger partial charge in [-0.05, 0) is 12.1 Å². The zero-order valence-electron chi connectivity index (χ0n) is 11.7. The molecule has 1 heterocycles. The molecule has 0 saturated carbocycles. The van der Waals surface area contributed by atoms with Gasteiger partial charge in [0.05, 0.1) is 5.60 Å². The Balaban J connectivity index is 1.86. The van der Waals surface area contributed by atoms with Gasteiger partial charge in [0.25, 0.3) is 0 Å². The molecule has 0 radical (unpaired) electrons. The maximum atomic E-state index is 13.0. The maximum Gasteiger partial charge on any atom is 0.313 e. The van der Waals surface area contributed by atoms with E-state index in [1.807, 2.05) is 0 Å². The number of anilines is 1. The van der Waals surface area contributed by atoms with Gasteiger partial charge < -0.3 is 20.5 Å². The van der Waals surface area contributed by atoms with Gasteiger partial charge in [0, 0.05) is 44.4 Å². The van der Waals surface area contributed by atoms with Gasteiger partial charge in [-0.3, -0.25) is 9.59 Å². The zero-order chi connectivity index (χ0) is 16.2. The second-order valence-corrected chi connectivity index (χ2v) is 5.10. The lowest BCUT2D eigenvalue weighted by Gasteiger charge is -2.31. The molecule has 3 N–H and O–H groups in total. The summed E-state index contributed by atoms with van der Waals surface area (Å²) < 4.78 is 30.9. The van der Waals surface area contributed by atoms with E-state index in [4.69, 9.17) is 4.74 Å². The van der Waals surface area contributed by atoms with E-state index in [-0.39, 0.29) is 12.2 Å².